The van der Waals surface area contributed by atoms with E-state index in [0.29, 0.717) is 0 Å². The first-order chi connectivity index (χ1) is 6.53. The van der Waals surface area contributed by atoms with Gasteiger partial charge in [-0.3, -0.25) is 14.4 Å². The Bertz CT molecular complexity index is 307. The molecule has 0 N–H and O–H groups in total. The molecule has 0 heterocycles. The zero-order valence-electron chi connectivity index (χ0n) is 7.96. The van der Waals surface area contributed by atoms with Crippen LogP contribution in [-0.2, 0) is 23.9 Å². The minimum absolute atomic E-state index is 0.248. The van der Waals surface area contributed by atoms with E-state index in [2.05, 4.69) is 9.47 Å². The summed E-state index contributed by atoms with van der Waals surface area (Å²) in [5.74, 6) is -1.41. The minimum Gasteiger partial charge on any atom is -0.468 e. The molecular formula is C9H10O5. The molecule has 0 aromatic heterocycles. The molecule has 3 rings (SSSR count). The first-order valence-corrected chi connectivity index (χ1v) is 4.25. The van der Waals surface area contributed by atoms with E-state index in [1.54, 1.807) is 0 Å². The van der Waals surface area contributed by atoms with Gasteiger partial charge in [0.25, 0.3) is 0 Å². The predicted octanol–water partition coefficient (Wildman–Crippen LogP) is -0.318. The molecule has 0 amide bonds. The van der Waals surface area contributed by atoms with Crippen LogP contribution in [0.5, 0.6) is 0 Å². The van der Waals surface area contributed by atoms with Crippen LogP contribution in [-0.4, -0.2) is 31.9 Å². The van der Waals surface area contributed by atoms with Crippen molar-refractivity contribution in [2.45, 2.75) is 12.8 Å². The molecule has 5 nitrogen and oxygen atoms in total. The van der Waals surface area contributed by atoms with Gasteiger partial charge >= 0.3 is 11.9 Å². The summed E-state index contributed by atoms with van der Waals surface area (Å²) in [6, 6.07) is 0. The van der Waals surface area contributed by atoms with Gasteiger partial charge in [-0.15, -0.1) is 0 Å². The van der Waals surface area contributed by atoms with Gasteiger partial charge in [-0.05, 0) is 12.8 Å². The number of carbonyl (C=O) groups excluding carboxylic acids is 3. The van der Waals surface area contributed by atoms with Gasteiger partial charge in [-0.2, -0.15) is 0 Å². The lowest BCUT2D eigenvalue weighted by molar-refractivity contribution is -0.220. The van der Waals surface area contributed by atoms with E-state index < -0.39 is 22.8 Å². The van der Waals surface area contributed by atoms with Crippen molar-refractivity contribution >= 4 is 17.7 Å². The van der Waals surface area contributed by atoms with Crippen molar-refractivity contribution in [2.24, 2.45) is 10.8 Å². The number of methoxy groups -OCH3 is 2. The van der Waals surface area contributed by atoms with Gasteiger partial charge in [0.1, 0.15) is 10.8 Å². The highest BCUT2D eigenvalue weighted by molar-refractivity contribution is 6.26. The molecule has 0 aromatic rings. The van der Waals surface area contributed by atoms with Crippen LogP contribution in [0.1, 0.15) is 12.8 Å². The maximum absolute atomic E-state index is 11.5. The van der Waals surface area contributed by atoms with Crippen LogP contribution in [0.25, 0.3) is 0 Å². The highest BCUT2D eigenvalue weighted by Gasteiger charge is 2.84. The van der Waals surface area contributed by atoms with Crippen molar-refractivity contribution in [3.05, 3.63) is 0 Å². The lowest BCUT2D eigenvalue weighted by Crippen LogP contribution is -2.77. The molecule has 3 fully saturated rings. The zero-order valence-corrected chi connectivity index (χ0v) is 7.96. The van der Waals surface area contributed by atoms with Crippen molar-refractivity contribution in [1.29, 1.82) is 0 Å². The molecule has 0 aliphatic heterocycles. The summed E-state index contributed by atoms with van der Waals surface area (Å²) in [7, 11) is 2.47. The molecule has 3 aliphatic carbocycles. The third-order valence-electron chi connectivity index (χ3n) is 3.23. The van der Waals surface area contributed by atoms with Crippen molar-refractivity contribution in [2.75, 3.05) is 14.2 Å². The van der Waals surface area contributed by atoms with Crippen LogP contribution in [0.4, 0.5) is 0 Å². The highest BCUT2D eigenvalue weighted by Crippen LogP contribution is 2.70. The van der Waals surface area contributed by atoms with E-state index in [4.69, 9.17) is 0 Å². The van der Waals surface area contributed by atoms with Gasteiger partial charge in [-0.25, -0.2) is 0 Å². The summed E-state index contributed by atoms with van der Waals surface area (Å²) < 4.78 is 9.02. The van der Waals surface area contributed by atoms with Crippen molar-refractivity contribution < 1.29 is 23.9 Å². The monoisotopic (exact) mass is 198 g/mol. The summed E-state index contributed by atoms with van der Waals surface area (Å²) in [5, 5.41) is 0. The number of rotatable bonds is 2. The van der Waals surface area contributed by atoms with E-state index in [1.807, 2.05) is 0 Å². The van der Waals surface area contributed by atoms with Crippen LogP contribution in [0.2, 0.25) is 0 Å². The Morgan fingerprint density at radius 1 is 1.07 bits per heavy atom. The van der Waals surface area contributed by atoms with Gasteiger partial charge in [-0.1, -0.05) is 0 Å². The average Bonchev–Trinajstić information content (AvgIpc) is 2.15. The Hall–Kier alpha value is -1.39. The number of carbonyl (C=O) groups is 3. The number of esters is 2. The molecule has 0 unspecified atom stereocenters. The number of hydrogen-bond donors (Lipinski definition) is 0. The molecule has 0 saturated heterocycles. The summed E-state index contributed by atoms with van der Waals surface area (Å²) in [6.45, 7) is 0. The second-order valence-corrected chi connectivity index (χ2v) is 3.83. The standard InChI is InChI=1S/C9H10O5/c1-13-6(11)8-3-9(4-8,5(8)10)7(12)14-2/h3-4H2,1-2H3. The molecule has 0 radical (unpaired) electrons. The zero-order chi connectivity index (χ0) is 10.6. The Morgan fingerprint density at radius 3 is 1.64 bits per heavy atom. The largest absolute Gasteiger partial charge is 0.468 e. The molecule has 0 aromatic carbocycles. The molecule has 76 valence electrons. The molecule has 14 heavy (non-hydrogen) atoms. The van der Waals surface area contributed by atoms with Crippen molar-refractivity contribution in [3.63, 3.8) is 0 Å². The van der Waals surface area contributed by atoms with Crippen LogP contribution in [0.15, 0.2) is 0 Å². The van der Waals surface area contributed by atoms with Gasteiger partial charge in [0.15, 0.2) is 5.78 Å². The van der Waals surface area contributed by atoms with Gasteiger partial charge < -0.3 is 9.47 Å². The Kier molecular flexibility index (Phi) is 1.54. The summed E-state index contributed by atoms with van der Waals surface area (Å²) in [4.78, 5) is 34.0. The van der Waals surface area contributed by atoms with E-state index in [9.17, 15) is 14.4 Å². The molecule has 5 heteroatoms. The number of hydrogen-bond acceptors (Lipinski definition) is 5. The second kappa shape index (κ2) is 2.34. The quantitative estimate of drug-likeness (QED) is 0.449. The van der Waals surface area contributed by atoms with Gasteiger partial charge in [0, 0.05) is 0 Å². The normalized spacial score (nSPS) is 38.0. The van der Waals surface area contributed by atoms with Crippen molar-refractivity contribution in [3.8, 4) is 0 Å². The van der Waals surface area contributed by atoms with Gasteiger partial charge in [0.2, 0.25) is 0 Å². The maximum atomic E-state index is 11.5. The summed E-state index contributed by atoms with van der Waals surface area (Å²) in [6.07, 6.45) is 0.496. The Morgan fingerprint density at radius 2 is 1.43 bits per heavy atom. The highest BCUT2D eigenvalue weighted by atomic mass is 16.5. The van der Waals surface area contributed by atoms with Crippen molar-refractivity contribution in [1.82, 2.24) is 0 Å². The van der Waals surface area contributed by atoms with E-state index in [1.165, 1.54) is 14.2 Å². The number of ether oxygens (including phenoxy) is 2. The predicted molar refractivity (Wildman–Crippen MR) is 43.1 cm³/mol. The molecular weight excluding hydrogens is 188 g/mol. The van der Waals surface area contributed by atoms with Crippen LogP contribution in [0, 0.1) is 10.8 Å². The molecule has 2 bridgehead atoms. The van der Waals surface area contributed by atoms with E-state index in [0.717, 1.165) is 0 Å². The molecule has 3 aliphatic rings. The fourth-order valence-electron chi connectivity index (χ4n) is 2.41. The second-order valence-electron chi connectivity index (χ2n) is 3.83. The van der Waals surface area contributed by atoms with E-state index >= 15 is 0 Å². The van der Waals surface area contributed by atoms with Crippen LogP contribution >= 0.6 is 0 Å². The smallest absolute Gasteiger partial charge is 0.319 e. The summed E-state index contributed by atoms with van der Waals surface area (Å²) in [5.41, 5.74) is -2.05. The third kappa shape index (κ3) is 0.657. The first-order valence-electron chi connectivity index (χ1n) is 4.25. The molecule has 3 saturated carbocycles. The lowest BCUT2D eigenvalue weighted by atomic mass is 9.34. The topological polar surface area (TPSA) is 69.7 Å². The number of ketones is 1. The average molecular weight is 198 g/mol. The Labute approximate surface area is 80.4 Å². The number of Topliss-reactive ketones (excluding diaryl/α,β-unsaturated/α-hetero) is 1. The van der Waals surface area contributed by atoms with E-state index in [-0.39, 0.29) is 18.6 Å². The minimum atomic E-state index is -1.02. The van der Waals surface area contributed by atoms with Gasteiger partial charge in [0.05, 0.1) is 14.2 Å². The SMILES string of the molecule is COC(=O)C12CC(C(=O)OC)(C1)C2=O. The Balaban J connectivity index is 2.16. The maximum Gasteiger partial charge on any atom is 0.319 e. The first kappa shape index (κ1) is 9.18. The molecule has 0 spiro atoms. The molecule has 0 atom stereocenters. The van der Waals surface area contributed by atoms with Crippen LogP contribution in [0.3, 0.4) is 0 Å². The fourth-order valence-corrected chi connectivity index (χ4v) is 2.41. The van der Waals surface area contributed by atoms with Crippen LogP contribution < -0.4 is 0 Å². The summed E-state index contributed by atoms with van der Waals surface area (Å²) >= 11 is 0. The third-order valence-corrected chi connectivity index (χ3v) is 3.23. The lowest BCUT2D eigenvalue weighted by Gasteiger charge is -2.63. The fraction of sp³-hybridized carbons (Fsp3) is 0.667.